The number of rotatable bonds is 1. The van der Waals surface area contributed by atoms with Gasteiger partial charge in [-0.25, -0.2) is 4.98 Å². The molecule has 0 aromatic carbocycles. The van der Waals surface area contributed by atoms with Crippen LogP contribution in [-0.2, 0) is 0 Å². The number of aromatic nitrogens is 1. The van der Waals surface area contributed by atoms with Crippen molar-refractivity contribution in [1.29, 1.82) is 5.26 Å². The van der Waals surface area contributed by atoms with Crippen LogP contribution in [0.2, 0.25) is 0 Å². The minimum Gasteiger partial charge on any atom is -0.356 e. The van der Waals surface area contributed by atoms with Crippen LogP contribution in [0.3, 0.4) is 0 Å². The highest BCUT2D eigenvalue weighted by atomic mass is 15.2. The molecule has 1 aliphatic heterocycles. The summed E-state index contributed by atoms with van der Waals surface area (Å²) in [5.74, 6) is 2.51. The highest BCUT2D eigenvalue weighted by Gasteiger charge is 2.23. The molecular weight excluding hydrogens is 198 g/mol. The summed E-state index contributed by atoms with van der Waals surface area (Å²) in [7, 11) is 0. The number of hydrogen-bond donors (Lipinski definition) is 0. The van der Waals surface area contributed by atoms with E-state index in [4.69, 9.17) is 5.26 Å². The van der Waals surface area contributed by atoms with Crippen molar-refractivity contribution in [3.63, 3.8) is 0 Å². The normalized spacial score (nSPS) is 25.2. The monoisotopic (exact) mass is 215 g/mol. The van der Waals surface area contributed by atoms with Crippen molar-refractivity contribution in [3.8, 4) is 6.07 Å². The summed E-state index contributed by atoms with van der Waals surface area (Å²) in [6.07, 6.45) is 2.88. The molecule has 2 atom stereocenters. The van der Waals surface area contributed by atoms with Crippen LogP contribution in [-0.4, -0.2) is 18.1 Å². The number of piperidine rings is 1. The van der Waals surface area contributed by atoms with Crippen molar-refractivity contribution in [2.45, 2.75) is 20.3 Å². The Labute approximate surface area is 96.7 Å². The Morgan fingerprint density at radius 2 is 2.19 bits per heavy atom. The minimum atomic E-state index is 0.627. The average Bonchev–Trinajstić information content (AvgIpc) is 2.33. The maximum Gasteiger partial charge on any atom is 0.128 e. The zero-order valence-corrected chi connectivity index (χ0v) is 9.85. The molecule has 0 amide bonds. The Kier molecular flexibility index (Phi) is 3.09. The van der Waals surface area contributed by atoms with Gasteiger partial charge in [0, 0.05) is 19.3 Å². The fraction of sp³-hybridized carbons (Fsp3) is 0.538. The van der Waals surface area contributed by atoms with E-state index in [-0.39, 0.29) is 0 Å². The second-order valence-electron chi connectivity index (χ2n) is 4.71. The first-order valence-electron chi connectivity index (χ1n) is 5.82. The standard InChI is InChI=1S/C13H17N3/c1-10-5-6-16(9-11(10)2)13-4-3-12(7-14)8-15-13/h3-4,8,10-11H,5-6,9H2,1-2H3. The van der Waals surface area contributed by atoms with Crippen LogP contribution in [0.4, 0.5) is 5.82 Å². The zero-order valence-electron chi connectivity index (χ0n) is 9.85. The van der Waals surface area contributed by atoms with Crippen LogP contribution < -0.4 is 4.90 Å². The maximum absolute atomic E-state index is 8.71. The smallest absolute Gasteiger partial charge is 0.128 e. The quantitative estimate of drug-likeness (QED) is 0.722. The summed E-state index contributed by atoms with van der Waals surface area (Å²) in [6.45, 7) is 6.75. The predicted octanol–water partition coefficient (Wildman–Crippen LogP) is 2.44. The molecule has 1 aliphatic rings. The number of nitriles is 1. The van der Waals surface area contributed by atoms with Gasteiger partial charge >= 0.3 is 0 Å². The van der Waals surface area contributed by atoms with E-state index in [9.17, 15) is 0 Å². The van der Waals surface area contributed by atoms with Crippen molar-refractivity contribution in [2.75, 3.05) is 18.0 Å². The number of hydrogen-bond acceptors (Lipinski definition) is 3. The lowest BCUT2D eigenvalue weighted by Gasteiger charge is -2.36. The van der Waals surface area contributed by atoms with Gasteiger partial charge < -0.3 is 4.90 Å². The summed E-state index contributed by atoms with van der Waals surface area (Å²) in [5.41, 5.74) is 0.627. The average molecular weight is 215 g/mol. The van der Waals surface area contributed by atoms with Crippen LogP contribution >= 0.6 is 0 Å². The first kappa shape index (κ1) is 10.9. The second-order valence-corrected chi connectivity index (χ2v) is 4.71. The Balaban J connectivity index is 2.10. The van der Waals surface area contributed by atoms with Gasteiger partial charge in [-0.1, -0.05) is 13.8 Å². The SMILES string of the molecule is CC1CCN(c2ccc(C#N)cn2)CC1C. The van der Waals surface area contributed by atoms with E-state index in [0.717, 1.165) is 24.8 Å². The van der Waals surface area contributed by atoms with E-state index < -0.39 is 0 Å². The molecule has 1 fully saturated rings. The van der Waals surface area contributed by atoms with Gasteiger partial charge in [0.15, 0.2) is 0 Å². The second kappa shape index (κ2) is 4.52. The molecule has 1 aromatic heterocycles. The van der Waals surface area contributed by atoms with E-state index in [0.29, 0.717) is 11.5 Å². The summed E-state index contributed by atoms with van der Waals surface area (Å²) in [4.78, 5) is 6.65. The van der Waals surface area contributed by atoms with Crippen molar-refractivity contribution >= 4 is 5.82 Å². The number of nitrogens with zero attached hydrogens (tertiary/aromatic N) is 3. The molecule has 1 aromatic rings. The van der Waals surface area contributed by atoms with Gasteiger partial charge in [0.25, 0.3) is 0 Å². The molecule has 3 nitrogen and oxygen atoms in total. The Morgan fingerprint density at radius 3 is 2.75 bits per heavy atom. The van der Waals surface area contributed by atoms with E-state index in [1.165, 1.54) is 6.42 Å². The minimum absolute atomic E-state index is 0.627. The third-order valence-electron chi connectivity index (χ3n) is 3.54. The molecule has 0 radical (unpaired) electrons. The van der Waals surface area contributed by atoms with Gasteiger partial charge in [0.05, 0.1) is 5.56 Å². The largest absolute Gasteiger partial charge is 0.356 e. The lowest BCUT2D eigenvalue weighted by atomic mass is 9.89. The highest BCUT2D eigenvalue weighted by Crippen LogP contribution is 2.25. The van der Waals surface area contributed by atoms with E-state index >= 15 is 0 Å². The zero-order chi connectivity index (χ0) is 11.5. The highest BCUT2D eigenvalue weighted by molar-refractivity contribution is 5.42. The molecule has 0 spiro atoms. The summed E-state index contributed by atoms with van der Waals surface area (Å²) < 4.78 is 0. The van der Waals surface area contributed by atoms with Crippen molar-refractivity contribution < 1.29 is 0 Å². The third kappa shape index (κ3) is 2.16. The topological polar surface area (TPSA) is 39.9 Å². The molecule has 2 rings (SSSR count). The first-order chi connectivity index (χ1) is 7.70. The van der Waals surface area contributed by atoms with Crippen LogP contribution in [0.15, 0.2) is 18.3 Å². The van der Waals surface area contributed by atoms with Crippen LogP contribution in [0.25, 0.3) is 0 Å². The summed E-state index contributed by atoms with van der Waals surface area (Å²) >= 11 is 0. The van der Waals surface area contributed by atoms with Crippen LogP contribution in [0, 0.1) is 23.2 Å². The van der Waals surface area contributed by atoms with Crippen LogP contribution in [0.1, 0.15) is 25.8 Å². The molecule has 0 bridgehead atoms. The predicted molar refractivity (Wildman–Crippen MR) is 64.1 cm³/mol. The summed E-state index contributed by atoms with van der Waals surface area (Å²) in [6, 6.07) is 5.88. The summed E-state index contributed by atoms with van der Waals surface area (Å²) in [5, 5.41) is 8.71. The Bertz CT molecular complexity index is 391. The van der Waals surface area contributed by atoms with Gasteiger partial charge in [-0.15, -0.1) is 0 Å². The molecule has 84 valence electrons. The fourth-order valence-electron chi connectivity index (χ4n) is 2.11. The third-order valence-corrected chi connectivity index (χ3v) is 3.54. The lowest BCUT2D eigenvalue weighted by molar-refractivity contribution is 0.323. The van der Waals surface area contributed by atoms with Gasteiger partial charge in [-0.3, -0.25) is 0 Å². The van der Waals surface area contributed by atoms with Gasteiger partial charge in [-0.05, 0) is 30.4 Å². The molecule has 1 saturated heterocycles. The Hall–Kier alpha value is -1.56. The van der Waals surface area contributed by atoms with E-state index in [1.807, 2.05) is 12.1 Å². The van der Waals surface area contributed by atoms with Gasteiger partial charge in [0.2, 0.25) is 0 Å². The van der Waals surface area contributed by atoms with Crippen LogP contribution in [0.5, 0.6) is 0 Å². The van der Waals surface area contributed by atoms with Gasteiger partial charge in [0.1, 0.15) is 11.9 Å². The molecule has 0 N–H and O–H groups in total. The number of anilines is 1. The fourth-order valence-corrected chi connectivity index (χ4v) is 2.11. The first-order valence-corrected chi connectivity index (χ1v) is 5.82. The van der Waals surface area contributed by atoms with Crippen molar-refractivity contribution in [1.82, 2.24) is 4.98 Å². The van der Waals surface area contributed by atoms with Crippen molar-refractivity contribution in [3.05, 3.63) is 23.9 Å². The maximum atomic E-state index is 8.71. The molecule has 3 heteroatoms. The molecule has 0 aliphatic carbocycles. The lowest BCUT2D eigenvalue weighted by Crippen LogP contribution is -2.38. The molecule has 0 saturated carbocycles. The number of pyridine rings is 1. The van der Waals surface area contributed by atoms with E-state index in [2.05, 4.69) is 29.8 Å². The van der Waals surface area contributed by atoms with Crippen molar-refractivity contribution in [2.24, 2.45) is 11.8 Å². The molecular formula is C13H17N3. The van der Waals surface area contributed by atoms with Gasteiger partial charge in [-0.2, -0.15) is 5.26 Å². The molecule has 2 heterocycles. The Morgan fingerprint density at radius 1 is 1.38 bits per heavy atom. The molecule has 16 heavy (non-hydrogen) atoms. The molecule has 2 unspecified atom stereocenters. The van der Waals surface area contributed by atoms with E-state index in [1.54, 1.807) is 6.20 Å².